The molecule has 1 aromatic rings. The van der Waals surface area contributed by atoms with Crippen molar-refractivity contribution >= 4 is 0 Å². The van der Waals surface area contributed by atoms with E-state index >= 15 is 0 Å². The Kier molecular flexibility index (Phi) is 0.602. The van der Waals surface area contributed by atoms with E-state index in [2.05, 4.69) is 14.6 Å². The molecule has 0 aromatic carbocycles. The van der Waals surface area contributed by atoms with Gasteiger partial charge in [-0.25, -0.2) is 0 Å². The van der Waals surface area contributed by atoms with E-state index in [-0.39, 0.29) is 0 Å². The van der Waals surface area contributed by atoms with Crippen molar-refractivity contribution in [2.75, 3.05) is 0 Å². The predicted molar refractivity (Wildman–Crippen MR) is 19.0 cm³/mol. The highest BCUT2D eigenvalue weighted by Gasteiger charge is 1.79. The van der Waals surface area contributed by atoms with Crippen molar-refractivity contribution in [3.8, 4) is 0 Å². The van der Waals surface area contributed by atoms with Crippen molar-refractivity contribution in [2.45, 2.75) is 6.92 Å². The maximum absolute atomic E-state index is 4.61. The van der Waals surface area contributed by atoms with Gasteiger partial charge in [0.1, 0.15) is 0 Å². The van der Waals surface area contributed by atoms with Crippen LogP contribution in [0.1, 0.15) is 5.89 Å². The zero-order valence-corrected chi connectivity index (χ0v) is 3.38. The van der Waals surface area contributed by atoms with E-state index in [1.165, 1.54) is 6.39 Å². The first kappa shape index (κ1) is 3.33. The number of hydrogen-bond donors (Lipinski definition) is 0. The lowest BCUT2D eigenvalue weighted by molar-refractivity contribution is 0.518. The van der Waals surface area contributed by atoms with Gasteiger partial charge in [-0.3, -0.25) is 0 Å². The monoisotopic (exact) mass is 84.0 g/mol. The Hall–Kier alpha value is -0.860. The summed E-state index contributed by atoms with van der Waals surface area (Å²) < 4.78 is 4.61. The lowest BCUT2D eigenvalue weighted by atomic mass is 10.8. The van der Waals surface area contributed by atoms with E-state index in [1.54, 1.807) is 6.92 Å². The Balaban J connectivity index is 3.05. The highest BCUT2D eigenvalue weighted by molar-refractivity contribution is 4.60. The van der Waals surface area contributed by atoms with Crippen molar-refractivity contribution < 1.29 is 4.42 Å². The summed E-state index contributed by atoms with van der Waals surface area (Å²) in [5, 5.41) is 6.91. The van der Waals surface area contributed by atoms with Gasteiger partial charge in [-0.2, -0.15) is 0 Å². The number of aromatic nitrogens is 2. The van der Waals surface area contributed by atoms with E-state index in [0.717, 1.165) is 0 Å². The third-order valence-electron chi connectivity index (χ3n) is 0.469. The molecule has 0 bridgehead atoms. The minimum Gasteiger partial charge on any atom is -0.428 e. The van der Waals surface area contributed by atoms with Gasteiger partial charge in [0.05, 0.1) is 0 Å². The van der Waals surface area contributed by atoms with Crippen molar-refractivity contribution in [3.63, 3.8) is 0 Å². The van der Waals surface area contributed by atoms with Crippen LogP contribution in [0.5, 0.6) is 0 Å². The topological polar surface area (TPSA) is 38.9 Å². The Morgan fingerprint density at radius 2 is 2.67 bits per heavy atom. The van der Waals surface area contributed by atoms with Gasteiger partial charge in [0.25, 0.3) is 0 Å². The first-order chi connectivity index (χ1) is 2.89. The molecule has 0 amide bonds. The van der Waals surface area contributed by atoms with Crippen LogP contribution in [-0.4, -0.2) is 10.2 Å². The van der Waals surface area contributed by atoms with Crippen LogP contribution < -0.4 is 0 Å². The Morgan fingerprint density at radius 3 is 2.83 bits per heavy atom. The van der Waals surface area contributed by atoms with E-state index in [0.29, 0.717) is 5.89 Å². The van der Waals surface area contributed by atoms with E-state index < -0.39 is 0 Å². The molecule has 3 nitrogen and oxygen atoms in total. The second-order valence-corrected chi connectivity index (χ2v) is 0.958. The van der Waals surface area contributed by atoms with Crippen LogP contribution in [0.2, 0.25) is 0 Å². The SMILES string of the molecule is Cc1nnco1. The summed E-state index contributed by atoms with van der Waals surface area (Å²) in [6.07, 6.45) is 1.30. The maximum atomic E-state index is 4.61. The molecule has 0 atom stereocenters. The van der Waals surface area contributed by atoms with Crippen molar-refractivity contribution in [3.05, 3.63) is 12.3 Å². The van der Waals surface area contributed by atoms with Crippen LogP contribution in [0.25, 0.3) is 0 Å². The summed E-state index contributed by atoms with van der Waals surface area (Å²) in [5.41, 5.74) is 0. The van der Waals surface area contributed by atoms with Crippen LogP contribution in [0, 0.1) is 6.92 Å². The molecule has 32 valence electrons. The smallest absolute Gasteiger partial charge is 0.213 e. The van der Waals surface area contributed by atoms with Crippen LogP contribution in [0.3, 0.4) is 0 Å². The highest BCUT2D eigenvalue weighted by Crippen LogP contribution is 1.82. The number of rotatable bonds is 0. The van der Waals surface area contributed by atoms with Gasteiger partial charge in [-0.1, -0.05) is 0 Å². The molecule has 0 radical (unpaired) electrons. The summed E-state index contributed by atoms with van der Waals surface area (Å²) in [6, 6.07) is 0. The molecule has 0 saturated carbocycles. The van der Waals surface area contributed by atoms with Crippen LogP contribution in [-0.2, 0) is 0 Å². The predicted octanol–water partition coefficient (Wildman–Crippen LogP) is 0.378. The average Bonchev–Trinajstić information content (AvgIpc) is 1.86. The van der Waals surface area contributed by atoms with Crippen molar-refractivity contribution in [1.82, 2.24) is 10.2 Å². The molecule has 0 unspecified atom stereocenters. The number of hydrogen-bond acceptors (Lipinski definition) is 3. The molecule has 1 rings (SSSR count). The zero-order chi connectivity index (χ0) is 4.41. The molecule has 0 aliphatic rings. The first-order valence-corrected chi connectivity index (χ1v) is 1.62. The largest absolute Gasteiger partial charge is 0.428 e. The third-order valence-corrected chi connectivity index (χ3v) is 0.469. The van der Waals surface area contributed by atoms with E-state index in [9.17, 15) is 0 Å². The van der Waals surface area contributed by atoms with Gasteiger partial charge < -0.3 is 4.42 Å². The normalized spacial score (nSPS) is 8.83. The molecule has 1 aromatic heterocycles. The van der Waals surface area contributed by atoms with Crippen LogP contribution >= 0.6 is 0 Å². The molecule has 0 aliphatic carbocycles. The van der Waals surface area contributed by atoms with Crippen LogP contribution in [0.4, 0.5) is 0 Å². The molecule has 0 saturated heterocycles. The lowest BCUT2D eigenvalue weighted by Gasteiger charge is -1.63. The quantitative estimate of drug-likeness (QED) is 0.456. The number of aryl methyl sites for hydroxylation is 1. The fraction of sp³-hybridized carbons (Fsp3) is 0.333. The maximum Gasteiger partial charge on any atom is 0.213 e. The first-order valence-electron chi connectivity index (χ1n) is 1.62. The lowest BCUT2D eigenvalue weighted by Crippen LogP contribution is -1.65. The highest BCUT2D eigenvalue weighted by atomic mass is 16.4. The van der Waals surface area contributed by atoms with Crippen molar-refractivity contribution in [2.24, 2.45) is 0 Å². The summed E-state index contributed by atoms with van der Waals surface area (Å²) in [5.74, 6) is 0.606. The number of nitrogens with zero attached hydrogens (tertiary/aromatic N) is 2. The minimum absolute atomic E-state index is 0.606. The Bertz CT molecular complexity index is 112. The summed E-state index contributed by atoms with van der Waals surface area (Å²) in [6.45, 7) is 1.74. The third kappa shape index (κ3) is 0.381. The minimum atomic E-state index is 0.606. The Labute approximate surface area is 35.0 Å². The van der Waals surface area contributed by atoms with Gasteiger partial charge in [-0.15, -0.1) is 10.2 Å². The summed E-state index contributed by atoms with van der Waals surface area (Å²) in [4.78, 5) is 0. The molecule has 0 spiro atoms. The molecule has 0 N–H and O–H groups in total. The fourth-order valence-electron chi connectivity index (χ4n) is 0.228. The average molecular weight is 84.1 g/mol. The van der Waals surface area contributed by atoms with Gasteiger partial charge in [0, 0.05) is 6.92 Å². The summed E-state index contributed by atoms with van der Waals surface area (Å²) >= 11 is 0. The summed E-state index contributed by atoms with van der Waals surface area (Å²) in [7, 11) is 0. The fourth-order valence-corrected chi connectivity index (χ4v) is 0.228. The van der Waals surface area contributed by atoms with Crippen molar-refractivity contribution in [1.29, 1.82) is 0 Å². The second kappa shape index (κ2) is 1.08. The van der Waals surface area contributed by atoms with E-state index in [1.807, 2.05) is 0 Å². The van der Waals surface area contributed by atoms with Gasteiger partial charge in [0.15, 0.2) is 0 Å². The molecule has 0 fully saturated rings. The molecule has 1 heterocycles. The Morgan fingerprint density at radius 1 is 1.83 bits per heavy atom. The molecule has 0 aliphatic heterocycles. The second-order valence-electron chi connectivity index (χ2n) is 0.958. The molecule has 3 heteroatoms. The van der Waals surface area contributed by atoms with Gasteiger partial charge in [-0.05, 0) is 0 Å². The molecular weight excluding hydrogens is 80.0 g/mol. The van der Waals surface area contributed by atoms with Gasteiger partial charge >= 0.3 is 0 Å². The molecular formula is C3H4N2O. The molecule has 6 heavy (non-hydrogen) atoms. The van der Waals surface area contributed by atoms with Crippen LogP contribution in [0.15, 0.2) is 10.8 Å². The van der Waals surface area contributed by atoms with E-state index in [4.69, 9.17) is 0 Å². The van der Waals surface area contributed by atoms with Gasteiger partial charge in [0.2, 0.25) is 12.3 Å². The zero-order valence-electron chi connectivity index (χ0n) is 3.38. The standard InChI is InChI=1S/C3H4N2O/c1-3-5-4-2-6-3/h2H,1H3.